The SMILES string of the molecule is O=C(NCCCN1CCC(=C(c2ccccc2)c2ccccc2)CC1)[C@@H]1CSC(c2ccncc2)N1. The first-order chi connectivity index (χ1) is 17.8. The van der Waals surface area contributed by atoms with Crippen molar-refractivity contribution >= 4 is 23.2 Å². The molecule has 2 aromatic carbocycles. The number of thioether (sulfide) groups is 1. The Morgan fingerprint density at radius 3 is 2.22 bits per heavy atom. The first-order valence-corrected chi connectivity index (χ1v) is 13.9. The van der Waals surface area contributed by atoms with Crippen molar-refractivity contribution in [1.29, 1.82) is 0 Å². The molecule has 2 aliphatic rings. The van der Waals surface area contributed by atoms with Gasteiger partial charge in [0.1, 0.15) is 0 Å². The molecule has 3 heterocycles. The number of carbonyl (C=O) groups is 1. The quantitative estimate of drug-likeness (QED) is 0.433. The minimum atomic E-state index is -0.134. The highest BCUT2D eigenvalue weighted by atomic mass is 32.2. The van der Waals surface area contributed by atoms with Gasteiger partial charge in [-0.25, -0.2) is 0 Å². The number of pyridine rings is 1. The second kappa shape index (κ2) is 12.3. The molecule has 0 aliphatic carbocycles. The van der Waals surface area contributed by atoms with Crippen molar-refractivity contribution < 1.29 is 4.79 Å². The van der Waals surface area contributed by atoms with Gasteiger partial charge in [-0.2, -0.15) is 0 Å². The van der Waals surface area contributed by atoms with Gasteiger partial charge >= 0.3 is 0 Å². The standard InChI is InChI=1S/C30H34N4OS/c35-29(27-22-36-30(33-27)26-12-17-31-18-13-26)32-16-7-19-34-20-14-25(15-21-34)28(23-8-3-1-4-9-23)24-10-5-2-6-11-24/h1-6,8-13,17-18,27,30,33H,7,14-16,19-22H2,(H,32,35)/t27-,30?/m0/s1. The Morgan fingerprint density at radius 1 is 0.944 bits per heavy atom. The Balaban J connectivity index is 1.08. The summed E-state index contributed by atoms with van der Waals surface area (Å²) >= 11 is 1.78. The number of rotatable bonds is 8. The van der Waals surface area contributed by atoms with Crippen molar-refractivity contribution in [2.24, 2.45) is 0 Å². The molecule has 0 bridgehead atoms. The minimum absolute atomic E-state index is 0.110. The van der Waals surface area contributed by atoms with Crippen LogP contribution in [0.1, 0.15) is 41.3 Å². The first kappa shape index (κ1) is 24.8. The Labute approximate surface area is 218 Å². The summed E-state index contributed by atoms with van der Waals surface area (Å²) in [6, 6.07) is 25.4. The van der Waals surface area contributed by atoms with Gasteiger partial charge in [-0.05, 0) is 60.2 Å². The summed E-state index contributed by atoms with van der Waals surface area (Å²) in [6.45, 7) is 3.88. The number of benzene rings is 2. The maximum absolute atomic E-state index is 12.6. The molecule has 5 rings (SSSR count). The molecule has 6 heteroatoms. The van der Waals surface area contributed by atoms with Crippen LogP contribution in [-0.4, -0.2) is 53.8 Å². The normalized spacial score (nSPS) is 20.3. The number of hydrogen-bond acceptors (Lipinski definition) is 5. The van der Waals surface area contributed by atoms with E-state index in [1.807, 2.05) is 12.1 Å². The van der Waals surface area contributed by atoms with Crippen LogP contribution in [-0.2, 0) is 4.79 Å². The molecular weight excluding hydrogens is 464 g/mol. The molecule has 3 aromatic rings. The van der Waals surface area contributed by atoms with Crippen LogP contribution in [0.2, 0.25) is 0 Å². The monoisotopic (exact) mass is 498 g/mol. The van der Waals surface area contributed by atoms with E-state index in [0.29, 0.717) is 0 Å². The van der Waals surface area contributed by atoms with Crippen molar-refractivity contribution in [2.75, 3.05) is 31.9 Å². The second-order valence-electron chi connectivity index (χ2n) is 9.41. The summed E-state index contributed by atoms with van der Waals surface area (Å²) in [5.41, 5.74) is 6.73. The summed E-state index contributed by atoms with van der Waals surface area (Å²) in [5.74, 6) is 0.906. The lowest BCUT2D eigenvalue weighted by Gasteiger charge is -2.30. The molecule has 1 amide bonds. The molecule has 2 fully saturated rings. The summed E-state index contributed by atoms with van der Waals surface area (Å²) in [4.78, 5) is 19.3. The number of piperidine rings is 1. The van der Waals surface area contributed by atoms with Gasteiger partial charge in [0.2, 0.25) is 5.91 Å². The Hall–Kier alpha value is -2.93. The zero-order valence-electron chi connectivity index (χ0n) is 20.6. The number of nitrogens with zero attached hydrogens (tertiary/aromatic N) is 2. The number of carbonyl (C=O) groups excluding carboxylic acids is 1. The molecule has 5 nitrogen and oxygen atoms in total. The van der Waals surface area contributed by atoms with E-state index >= 15 is 0 Å². The molecular formula is C30H34N4OS. The molecule has 0 spiro atoms. The fourth-order valence-corrected chi connectivity index (χ4v) is 6.31. The Kier molecular flexibility index (Phi) is 8.49. The van der Waals surface area contributed by atoms with Crippen LogP contribution in [0.25, 0.3) is 5.57 Å². The minimum Gasteiger partial charge on any atom is -0.355 e. The van der Waals surface area contributed by atoms with Crippen LogP contribution >= 0.6 is 11.8 Å². The molecule has 2 N–H and O–H groups in total. The molecule has 2 aliphatic heterocycles. The van der Waals surface area contributed by atoms with Crippen LogP contribution in [0.3, 0.4) is 0 Å². The van der Waals surface area contributed by atoms with Crippen molar-refractivity contribution in [1.82, 2.24) is 20.5 Å². The van der Waals surface area contributed by atoms with Crippen LogP contribution in [0.4, 0.5) is 0 Å². The number of amides is 1. The van der Waals surface area contributed by atoms with Crippen molar-refractivity contribution in [3.63, 3.8) is 0 Å². The number of nitrogens with one attached hydrogen (secondary N) is 2. The van der Waals surface area contributed by atoms with Gasteiger partial charge in [-0.3, -0.25) is 15.1 Å². The second-order valence-corrected chi connectivity index (χ2v) is 10.5. The summed E-state index contributed by atoms with van der Waals surface area (Å²) in [5, 5.41) is 6.75. The van der Waals surface area contributed by atoms with E-state index in [4.69, 9.17) is 0 Å². The van der Waals surface area contributed by atoms with Crippen molar-refractivity contribution in [3.8, 4) is 0 Å². The Bertz CT molecular complexity index is 1100. The van der Waals surface area contributed by atoms with Crippen LogP contribution in [0.5, 0.6) is 0 Å². The molecule has 2 saturated heterocycles. The van der Waals surface area contributed by atoms with E-state index in [1.54, 1.807) is 29.7 Å². The summed E-state index contributed by atoms with van der Waals surface area (Å²) in [7, 11) is 0. The third-order valence-electron chi connectivity index (χ3n) is 7.00. The average Bonchev–Trinajstić information content (AvgIpc) is 3.44. The van der Waals surface area contributed by atoms with Crippen LogP contribution < -0.4 is 10.6 Å². The third-order valence-corrected chi connectivity index (χ3v) is 8.26. The molecule has 0 saturated carbocycles. The molecule has 0 radical (unpaired) electrons. The van der Waals surface area contributed by atoms with Gasteiger partial charge in [0.15, 0.2) is 0 Å². The van der Waals surface area contributed by atoms with E-state index in [9.17, 15) is 4.79 Å². The van der Waals surface area contributed by atoms with Gasteiger partial charge in [-0.15, -0.1) is 11.8 Å². The van der Waals surface area contributed by atoms with Gasteiger partial charge in [0, 0.05) is 37.8 Å². The van der Waals surface area contributed by atoms with Gasteiger partial charge in [-0.1, -0.05) is 66.2 Å². The van der Waals surface area contributed by atoms with Crippen molar-refractivity contribution in [2.45, 2.75) is 30.7 Å². The van der Waals surface area contributed by atoms with Crippen molar-refractivity contribution in [3.05, 3.63) is 107 Å². The Morgan fingerprint density at radius 2 is 1.58 bits per heavy atom. The topological polar surface area (TPSA) is 57.3 Å². The van der Waals surface area contributed by atoms with Crippen LogP contribution in [0.15, 0.2) is 90.8 Å². The number of likely N-dealkylation sites (tertiary alicyclic amines) is 1. The summed E-state index contributed by atoms with van der Waals surface area (Å²) in [6.07, 6.45) is 6.75. The largest absolute Gasteiger partial charge is 0.355 e. The number of aromatic nitrogens is 1. The summed E-state index contributed by atoms with van der Waals surface area (Å²) < 4.78 is 0. The predicted octanol–water partition coefficient (Wildman–Crippen LogP) is 4.89. The zero-order chi connectivity index (χ0) is 24.6. The van der Waals surface area contributed by atoms with E-state index in [1.165, 1.54) is 22.3 Å². The van der Waals surface area contributed by atoms with E-state index in [2.05, 4.69) is 81.2 Å². The van der Waals surface area contributed by atoms with E-state index in [0.717, 1.165) is 51.2 Å². The molecule has 1 aromatic heterocycles. The maximum Gasteiger partial charge on any atom is 0.238 e. The lowest BCUT2D eigenvalue weighted by atomic mass is 9.88. The van der Waals surface area contributed by atoms with Gasteiger partial charge in [0.05, 0.1) is 11.4 Å². The lowest BCUT2D eigenvalue weighted by molar-refractivity contribution is -0.122. The molecule has 36 heavy (non-hydrogen) atoms. The highest BCUT2D eigenvalue weighted by Crippen LogP contribution is 2.33. The fraction of sp³-hybridized carbons (Fsp3) is 0.333. The maximum atomic E-state index is 12.6. The van der Waals surface area contributed by atoms with Gasteiger partial charge in [0.25, 0.3) is 0 Å². The third kappa shape index (κ3) is 6.25. The van der Waals surface area contributed by atoms with E-state index in [-0.39, 0.29) is 17.3 Å². The number of hydrogen-bond donors (Lipinski definition) is 2. The fourth-order valence-electron chi connectivity index (χ4n) is 5.07. The zero-order valence-corrected chi connectivity index (χ0v) is 21.4. The smallest absolute Gasteiger partial charge is 0.238 e. The van der Waals surface area contributed by atoms with Crippen LogP contribution in [0, 0.1) is 0 Å². The van der Waals surface area contributed by atoms with E-state index < -0.39 is 0 Å². The van der Waals surface area contributed by atoms with Gasteiger partial charge < -0.3 is 10.2 Å². The molecule has 2 atom stereocenters. The predicted molar refractivity (Wildman–Crippen MR) is 149 cm³/mol. The lowest BCUT2D eigenvalue weighted by Crippen LogP contribution is -2.43. The highest BCUT2D eigenvalue weighted by Gasteiger charge is 2.30. The highest BCUT2D eigenvalue weighted by molar-refractivity contribution is 7.99. The first-order valence-electron chi connectivity index (χ1n) is 12.9. The molecule has 1 unspecified atom stereocenters. The average molecular weight is 499 g/mol. The molecule has 186 valence electrons.